The number of benzene rings is 1. The summed E-state index contributed by atoms with van der Waals surface area (Å²) in [7, 11) is 2.02. The number of fused-ring (bicyclic) bond motifs is 1. The van der Waals surface area contributed by atoms with Crippen molar-refractivity contribution in [2.45, 2.75) is 32.7 Å². The lowest BCUT2D eigenvalue weighted by atomic mass is 9.99. The van der Waals surface area contributed by atoms with Gasteiger partial charge in [-0.05, 0) is 36.2 Å². The van der Waals surface area contributed by atoms with Gasteiger partial charge in [-0.2, -0.15) is 5.10 Å². The zero-order valence-corrected chi connectivity index (χ0v) is 13.0. The monoisotopic (exact) mass is 285 g/mol. The summed E-state index contributed by atoms with van der Waals surface area (Å²) in [5, 5.41) is 8.17. The molecule has 1 aliphatic heterocycles. The van der Waals surface area contributed by atoms with Crippen LogP contribution < -0.4 is 10.1 Å². The van der Waals surface area contributed by atoms with E-state index in [1.165, 1.54) is 16.8 Å². The fraction of sp³-hybridized carbons (Fsp3) is 0.471. The Hall–Kier alpha value is -1.81. The summed E-state index contributed by atoms with van der Waals surface area (Å²) in [5.74, 6) is 1.04. The molecule has 0 aliphatic carbocycles. The molecular weight excluding hydrogens is 262 g/mol. The van der Waals surface area contributed by atoms with Crippen LogP contribution in [0.3, 0.4) is 0 Å². The molecule has 0 amide bonds. The normalized spacial score (nSPS) is 14.8. The second-order valence-corrected chi connectivity index (χ2v) is 5.49. The number of nitrogens with zero attached hydrogens (tertiary/aromatic N) is 2. The van der Waals surface area contributed by atoms with Crippen molar-refractivity contribution >= 4 is 0 Å². The van der Waals surface area contributed by atoms with Gasteiger partial charge in [0.15, 0.2) is 0 Å². The minimum Gasteiger partial charge on any atom is -0.493 e. The van der Waals surface area contributed by atoms with E-state index in [2.05, 4.69) is 48.5 Å². The maximum atomic E-state index is 5.61. The molecule has 0 fully saturated rings. The van der Waals surface area contributed by atoms with Gasteiger partial charge in [0.1, 0.15) is 5.75 Å². The predicted octanol–water partition coefficient (Wildman–Crippen LogP) is 2.62. The van der Waals surface area contributed by atoms with Crippen LogP contribution in [0.1, 0.15) is 42.4 Å². The smallest absolute Gasteiger partial charge is 0.122 e. The van der Waals surface area contributed by atoms with E-state index in [1.54, 1.807) is 0 Å². The molecule has 0 spiro atoms. The van der Waals surface area contributed by atoms with Gasteiger partial charge in [0.2, 0.25) is 0 Å². The molecule has 1 aromatic carbocycles. The largest absolute Gasteiger partial charge is 0.493 e. The van der Waals surface area contributed by atoms with Gasteiger partial charge in [0, 0.05) is 13.5 Å². The number of hydrogen-bond donors (Lipinski definition) is 1. The molecule has 2 aromatic rings. The first-order chi connectivity index (χ1) is 10.2. The SMILES string of the molecule is CCNC(c1ccc2c(c1)CCO2)c1cc(CC)nn1C. The van der Waals surface area contributed by atoms with Crippen molar-refractivity contribution in [1.82, 2.24) is 15.1 Å². The Morgan fingerprint density at radius 2 is 2.19 bits per heavy atom. The van der Waals surface area contributed by atoms with Crippen LogP contribution in [0.4, 0.5) is 0 Å². The molecule has 1 aromatic heterocycles. The minimum atomic E-state index is 0.179. The van der Waals surface area contributed by atoms with Crippen molar-refractivity contribution in [1.29, 1.82) is 0 Å². The van der Waals surface area contributed by atoms with E-state index in [4.69, 9.17) is 4.74 Å². The Labute approximate surface area is 126 Å². The molecule has 1 atom stereocenters. The van der Waals surface area contributed by atoms with Gasteiger partial charge in [-0.1, -0.05) is 26.0 Å². The summed E-state index contributed by atoms with van der Waals surface area (Å²) < 4.78 is 7.60. The molecule has 0 radical (unpaired) electrons. The van der Waals surface area contributed by atoms with Crippen molar-refractivity contribution in [2.75, 3.05) is 13.2 Å². The Balaban J connectivity index is 1.99. The highest BCUT2D eigenvalue weighted by atomic mass is 16.5. The molecule has 0 saturated carbocycles. The maximum Gasteiger partial charge on any atom is 0.122 e. The number of aromatic nitrogens is 2. The molecule has 4 nitrogen and oxygen atoms in total. The van der Waals surface area contributed by atoms with Crippen molar-refractivity contribution in [2.24, 2.45) is 7.05 Å². The average molecular weight is 285 g/mol. The fourth-order valence-electron chi connectivity index (χ4n) is 2.97. The van der Waals surface area contributed by atoms with E-state index in [0.717, 1.165) is 37.4 Å². The molecule has 4 heteroatoms. The van der Waals surface area contributed by atoms with Gasteiger partial charge in [-0.15, -0.1) is 0 Å². The second-order valence-electron chi connectivity index (χ2n) is 5.49. The van der Waals surface area contributed by atoms with E-state index >= 15 is 0 Å². The van der Waals surface area contributed by atoms with Crippen LogP contribution in [0.2, 0.25) is 0 Å². The van der Waals surface area contributed by atoms with Gasteiger partial charge < -0.3 is 10.1 Å². The van der Waals surface area contributed by atoms with E-state index < -0.39 is 0 Å². The number of nitrogens with one attached hydrogen (secondary N) is 1. The molecule has 3 rings (SSSR count). The van der Waals surface area contributed by atoms with Gasteiger partial charge in [-0.3, -0.25) is 4.68 Å². The molecule has 21 heavy (non-hydrogen) atoms. The van der Waals surface area contributed by atoms with Crippen LogP contribution in [-0.2, 0) is 19.9 Å². The van der Waals surface area contributed by atoms with Crippen LogP contribution in [0.5, 0.6) is 5.75 Å². The summed E-state index contributed by atoms with van der Waals surface area (Å²) in [6.07, 6.45) is 1.97. The minimum absolute atomic E-state index is 0.179. The summed E-state index contributed by atoms with van der Waals surface area (Å²) >= 11 is 0. The molecule has 1 N–H and O–H groups in total. The lowest BCUT2D eigenvalue weighted by Gasteiger charge is -2.19. The number of rotatable bonds is 5. The summed E-state index contributed by atoms with van der Waals surface area (Å²) in [6, 6.07) is 8.92. The van der Waals surface area contributed by atoms with Crippen LogP contribution in [0.15, 0.2) is 24.3 Å². The number of ether oxygens (including phenoxy) is 1. The van der Waals surface area contributed by atoms with Crippen LogP contribution in [0.25, 0.3) is 0 Å². The Kier molecular flexibility index (Phi) is 3.97. The van der Waals surface area contributed by atoms with E-state index in [9.17, 15) is 0 Å². The predicted molar refractivity (Wildman–Crippen MR) is 83.7 cm³/mol. The summed E-state index contributed by atoms with van der Waals surface area (Å²) in [6.45, 7) is 6.00. The highest BCUT2D eigenvalue weighted by molar-refractivity contribution is 5.42. The summed E-state index contributed by atoms with van der Waals surface area (Å²) in [4.78, 5) is 0. The number of hydrogen-bond acceptors (Lipinski definition) is 3. The Bertz CT molecular complexity index is 633. The quantitative estimate of drug-likeness (QED) is 0.918. The van der Waals surface area contributed by atoms with E-state index in [1.807, 2.05) is 11.7 Å². The highest BCUT2D eigenvalue weighted by Gasteiger charge is 2.20. The van der Waals surface area contributed by atoms with Crippen LogP contribution in [-0.4, -0.2) is 22.9 Å². The molecule has 0 saturated heterocycles. The zero-order chi connectivity index (χ0) is 14.8. The first-order valence-electron chi connectivity index (χ1n) is 7.74. The average Bonchev–Trinajstić information content (AvgIpc) is 3.10. The van der Waals surface area contributed by atoms with Gasteiger partial charge in [0.05, 0.1) is 24.0 Å². The van der Waals surface area contributed by atoms with E-state index in [0.29, 0.717) is 0 Å². The van der Waals surface area contributed by atoms with Crippen molar-refractivity contribution in [3.8, 4) is 5.75 Å². The molecule has 1 unspecified atom stereocenters. The van der Waals surface area contributed by atoms with Crippen LogP contribution >= 0.6 is 0 Å². The lowest BCUT2D eigenvalue weighted by Crippen LogP contribution is -2.24. The van der Waals surface area contributed by atoms with Gasteiger partial charge >= 0.3 is 0 Å². The van der Waals surface area contributed by atoms with Crippen molar-refractivity contribution in [3.63, 3.8) is 0 Å². The third kappa shape index (κ3) is 2.68. The fourth-order valence-corrected chi connectivity index (χ4v) is 2.97. The Morgan fingerprint density at radius 3 is 2.90 bits per heavy atom. The topological polar surface area (TPSA) is 39.1 Å². The molecular formula is C17H23N3O. The van der Waals surface area contributed by atoms with Gasteiger partial charge in [-0.25, -0.2) is 0 Å². The first kappa shape index (κ1) is 14.1. The third-order valence-corrected chi connectivity index (χ3v) is 4.08. The third-order valence-electron chi connectivity index (χ3n) is 4.08. The molecule has 2 heterocycles. The molecule has 1 aliphatic rings. The van der Waals surface area contributed by atoms with Crippen LogP contribution in [0, 0.1) is 0 Å². The van der Waals surface area contributed by atoms with E-state index in [-0.39, 0.29) is 6.04 Å². The van der Waals surface area contributed by atoms with Gasteiger partial charge in [0.25, 0.3) is 0 Å². The molecule has 112 valence electrons. The lowest BCUT2D eigenvalue weighted by molar-refractivity contribution is 0.357. The molecule has 0 bridgehead atoms. The maximum absolute atomic E-state index is 5.61. The standard InChI is InChI=1S/C17H23N3O/c1-4-14-11-15(20(3)19-14)17(18-5-2)13-6-7-16-12(10-13)8-9-21-16/h6-7,10-11,17-18H,4-5,8-9H2,1-3H3. The zero-order valence-electron chi connectivity index (χ0n) is 13.0. The number of aryl methyl sites for hydroxylation is 2. The Morgan fingerprint density at radius 1 is 1.33 bits per heavy atom. The van der Waals surface area contributed by atoms with Crippen molar-refractivity contribution < 1.29 is 4.74 Å². The first-order valence-corrected chi connectivity index (χ1v) is 7.74. The van der Waals surface area contributed by atoms with Crippen molar-refractivity contribution in [3.05, 3.63) is 46.8 Å². The second kappa shape index (κ2) is 5.90. The summed E-state index contributed by atoms with van der Waals surface area (Å²) in [5.41, 5.74) is 4.95. The highest BCUT2D eigenvalue weighted by Crippen LogP contribution is 2.30.